The van der Waals surface area contributed by atoms with E-state index < -0.39 is 29.7 Å². The van der Waals surface area contributed by atoms with Crippen LogP contribution in [0.3, 0.4) is 0 Å². The van der Waals surface area contributed by atoms with Crippen LogP contribution in [0.25, 0.3) is 10.9 Å². The smallest absolute Gasteiger partial charge is 0.416 e. The number of ether oxygens (including phenoxy) is 1. The number of carbonyl (C=O) groups is 2. The summed E-state index contributed by atoms with van der Waals surface area (Å²) in [5.41, 5.74) is 1.54. The molecule has 3 aromatic rings. The summed E-state index contributed by atoms with van der Waals surface area (Å²) < 4.78 is 44.2. The average molecular weight is 418 g/mol. The van der Waals surface area contributed by atoms with Gasteiger partial charge in [0.1, 0.15) is 12.6 Å². The molecule has 0 radical (unpaired) electrons. The molecule has 3 rings (SSSR count). The van der Waals surface area contributed by atoms with Gasteiger partial charge in [0.2, 0.25) is 5.91 Å². The Balaban J connectivity index is 1.75. The summed E-state index contributed by atoms with van der Waals surface area (Å²) in [6.45, 7) is 2.50. The molecule has 8 heteroatoms. The van der Waals surface area contributed by atoms with Crippen molar-refractivity contribution >= 4 is 22.8 Å². The standard InChI is InChI=1S/C22H21F3N2O3/c1-13-7-15(9-17(8-13)22(23,24)25)12-30-21(29)20(27-14(2)28)10-16-11-26-19-6-4-3-5-18(16)19/h3-9,11,20,26H,10,12H2,1-2H3,(H,27,28). The molecule has 0 aliphatic carbocycles. The van der Waals surface area contributed by atoms with Crippen molar-refractivity contribution in [2.75, 3.05) is 0 Å². The highest BCUT2D eigenvalue weighted by Gasteiger charge is 2.31. The molecule has 1 amide bonds. The third-order valence-electron chi connectivity index (χ3n) is 4.61. The number of aromatic nitrogens is 1. The van der Waals surface area contributed by atoms with Crippen molar-refractivity contribution in [3.8, 4) is 0 Å². The fourth-order valence-electron chi connectivity index (χ4n) is 3.32. The number of para-hydroxylation sites is 1. The van der Waals surface area contributed by atoms with E-state index in [-0.39, 0.29) is 18.6 Å². The third-order valence-corrected chi connectivity index (χ3v) is 4.61. The molecular formula is C22H21F3N2O3. The summed E-state index contributed by atoms with van der Waals surface area (Å²) >= 11 is 0. The van der Waals surface area contributed by atoms with Crippen LogP contribution in [0.2, 0.25) is 0 Å². The van der Waals surface area contributed by atoms with Gasteiger partial charge in [-0.3, -0.25) is 4.79 Å². The number of nitrogens with one attached hydrogen (secondary N) is 2. The molecule has 0 spiro atoms. The monoisotopic (exact) mass is 418 g/mol. The summed E-state index contributed by atoms with van der Waals surface area (Å²) in [5.74, 6) is -1.13. The van der Waals surface area contributed by atoms with Gasteiger partial charge in [0.05, 0.1) is 5.56 Å². The van der Waals surface area contributed by atoms with Crippen LogP contribution in [0.5, 0.6) is 0 Å². The van der Waals surface area contributed by atoms with Gasteiger partial charge < -0.3 is 15.0 Å². The molecule has 0 saturated carbocycles. The molecule has 30 heavy (non-hydrogen) atoms. The zero-order valence-corrected chi connectivity index (χ0v) is 16.5. The molecule has 0 bridgehead atoms. The number of amides is 1. The topological polar surface area (TPSA) is 71.2 Å². The predicted octanol–water partition coefficient (Wildman–Crippen LogP) is 4.29. The van der Waals surface area contributed by atoms with E-state index in [9.17, 15) is 22.8 Å². The Morgan fingerprint density at radius 3 is 2.60 bits per heavy atom. The second kappa shape index (κ2) is 8.61. The van der Waals surface area contributed by atoms with Gasteiger partial charge in [0.15, 0.2) is 0 Å². The molecule has 2 aromatic carbocycles. The summed E-state index contributed by atoms with van der Waals surface area (Å²) in [7, 11) is 0. The maximum Gasteiger partial charge on any atom is 0.416 e. The number of rotatable bonds is 6. The zero-order valence-electron chi connectivity index (χ0n) is 16.5. The summed E-state index contributed by atoms with van der Waals surface area (Å²) in [6, 6.07) is 10.1. The van der Waals surface area contributed by atoms with Crippen LogP contribution in [-0.4, -0.2) is 22.9 Å². The van der Waals surface area contributed by atoms with Gasteiger partial charge in [-0.15, -0.1) is 0 Å². The molecule has 1 unspecified atom stereocenters. The van der Waals surface area contributed by atoms with E-state index in [0.717, 1.165) is 28.6 Å². The van der Waals surface area contributed by atoms with Gasteiger partial charge in [-0.05, 0) is 36.2 Å². The van der Waals surface area contributed by atoms with Crippen LogP contribution in [0.4, 0.5) is 13.2 Å². The lowest BCUT2D eigenvalue weighted by Crippen LogP contribution is -2.42. The number of fused-ring (bicyclic) bond motifs is 1. The molecule has 0 aliphatic heterocycles. The van der Waals surface area contributed by atoms with Crippen LogP contribution in [0.1, 0.15) is 29.2 Å². The fourth-order valence-corrected chi connectivity index (χ4v) is 3.32. The number of aromatic amines is 1. The van der Waals surface area contributed by atoms with E-state index in [0.29, 0.717) is 5.56 Å². The Bertz CT molecular complexity index is 1070. The summed E-state index contributed by atoms with van der Waals surface area (Å²) in [5, 5.41) is 3.47. The number of esters is 1. The fraction of sp³-hybridized carbons (Fsp3) is 0.273. The molecule has 1 heterocycles. The number of halogens is 3. The first-order chi connectivity index (χ1) is 14.1. The van der Waals surface area contributed by atoms with Gasteiger partial charge in [-0.1, -0.05) is 29.8 Å². The van der Waals surface area contributed by atoms with Crippen molar-refractivity contribution in [1.82, 2.24) is 10.3 Å². The van der Waals surface area contributed by atoms with Crippen LogP contribution in [-0.2, 0) is 33.5 Å². The number of benzene rings is 2. The van der Waals surface area contributed by atoms with Crippen LogP contribution in [0.15, 0.2) is 48.7 Å². The van der Waals surface area contributed by atoms with E-state index in [2.05, 4.69) is 10.3 Å². The van der Waals surface area contributed by atoms with Gasteiger partial charge >= 0.3 is 12.1 Å². The Kier molecular flexibility index (Phi) is 6.14. The molecule has 0 fully saturated rings. The van der Waals surface area contributed by atoms with Crippen molar-refractivity contribution in [2.24, 2.45) is 0 Å². The van der Waals surface area contributed by atoms with Crippen LogP contribution in [0, 0.1) is 6.92 Å². The van der Waals surface area contributed by atoms with Gasteiger partial charge in [0, 0.05) is 30.4 Å². The molecule has 1 aromatic heterocycles. The SMILES string of the molecule is CC(=O)NC(Cc1c[nH]c2ccccc12)C(=O)OCc1cc(C)cc(C(F)(F)F)c1. The first kappa shape index (κ1) is 21.4. The average Bonchev–Trinajstić information content (AvgIpc) is 3.07. The molecule has 5 nitrogen and oxygen atoms in total. The maximum absolute atomic E-state index is 13.0. The van der Waals surface area contributed by atoms with Crippen molar-refractivity contribution in [3.63, 3.8) is 0 Å². The van der Waals surface area contributed by atoms with Crippen molar-refractivity contribution in [1.29, 1.82) is 0 Å². The zero-order chi connectivity index (χ0) is 21.9. The molecular weight excluding hydrogens is 397 g/mol. The van der Waals surface area contributed by atoms with E-state index >= 15 is 0 Å². The van der Waals surface area contributed by atoms with E-state index in [1.165, 1.54) is 19.9 Å². The number of hydrogen-bond acceptors (Lipinski definition) is 3. The number of alkyl halides is 3. The molecule has 1 atom stereocenters. The first-order valence-electron chi connectivity index (χ1n) is 9.30. The number of H-pyrrole nitrogens is 1. The second-order valence-corrected chi connectivity index (χ2v) is 7.13. The van der Waals surface area contributed by atoms with Gasteiger partial charge in [-0.2, -0.15) is 13.2 Å². The lowest BCUT2D eigenvalue weighted by Gasteiger charge is -2.17. The van der Waals surface area contributed by atoms with Crippen LogP contribution >= 0.6 is 0 Å². The number of carbonyl (C=O) groups excluding carboxylic acids is 2. The summed E-state index contributed by atoms with van der Waals surface area (Å²) in [4.78, 5) is 27.3. The van der Waals surface area contributed by atoms with Crippen molar-refractivity contribution < 1.29 is 27.5 Å². The highest BCUT2D eigenvalue weighted by atomic mass is 19.4. The largest absolute Gasteiger partial charge is 0.459 e. The maximum atomic E-state index is 13.0. The minimum atomic E-state index is -4.49. The van der Waals surface area contributed by atoms with Crippen molar-refractivity contribution in [2.45, 2.75) is 39.1 Å². The molecule has 2 N–H and O–H groups in total. The Labute approximate surface area is 171 Å². The number of aryl methyl sites for hydroxylation is 1. The van der Waals surface area contributed by atoms with Gasteiger partial charge in [0.25, 0.3) is 0 Å². The Morgan fingerprint density at radius 2 is 1.90 bits per heavy atom. The lowest BCUT2D eigenvalue weighted by molar-refractivity contribution is -0.149. The van der Waals surface area contributed by atoms with E-state index in [4.69, 9.17) is 4.74 Å². The van der Waals surface area contributed by atoms with Crippen molar-refractivity contribution in [3.05, 3.63) is 70.9 Å². The quantitative estimate of drug-likeness (QED) is 0.587. The molecule has 0 aliphatic rings. The minimum absolute atomic E-state index is 0.185. The second-order valence-electron chi connectivity index (χ2n) is 7.13. The summed E-state index contributed by atoms with van der Waals surface area (Å²) in [6.07, 6.45) is -2.55. The predicted molar refractivity (Wildman–Crippen MR) is 106 cm³/mol. The highest BCUT2D eigenvalue weighted by molar-refractivity contribution is 5.86. The minimum Gasteiger partial charge on any atom is -0.459 e. The third kappa shape index (κ3) is 5.20. The lowest BCUT2D eigenvalue weighted by atomic mass is 10.0. The number of hydrogen-bond donors (Lipinski definition) is 2. The normalized spacial score (nSPS) is 12.6. The first-order valence-corrected chi connectivity index (χ1v) is 9.30. The Hall–Kier alpha value is -3.29. The van der Waals surface area contributed by atoms with E-state index in [1.807, 2.05) is 24.3 Å². The van der Waals surface area contributed by atoms with Crippen LogP contribution < -0.4 is 5.32 Å². The Morgan fingerprint density at radius 1 is 1.17 bits per heavy atom. The van der Waals surface area contributed by atoms with Gasteiger partial charge in [-0.25, -0.2) is 4.79 Å². The van der Waals surface area contributed by atoms with E-state index in [1.54, 1.807) is 6.20 Å². The molecule has 0 saturated heterocycles. The highest BCUT2D eigenvalue weighted by Crippen LogP contribution is 2.30. The molecule has 158 valence electrons.